The molecule has 0 fully saturated rings. The number of rotatable bonds is 6. The van der Waals surface area contributed by atoms with E-state index in [4.69, 9.17) is 10.00 Å². The number of carbonyl (C=O) groups is 1. The second-order valence-electron chi connectivity index (χ2n) is 4.97. The molecule has 1 heterocycles. The summed E-state index contributed by atoms with van der Waals surface area (Å²) in [6.45, 7) is 1.80. The van der Waals surface area contributed by atoms with Crippen LogP contribution in [0.2, 0.25) is 0 Å². The van der Waals surface area contributed by atoms with Crippen molar-refractivity contribution in [1.29, 1.82) is 5.26 Å². The average Bonchev–Trinajstić information content (AvgIpc) is 2.62. The van der Waals surface area contributed by atoms with Crippen LogP contribution in [0.3, 0.4) is 0 Å². The van der Waals surface area contributed by atoms with Gasteiger partial charge >= 0.3 is 5.97 Å². The molecule has 1 aromatic heterocycles. The van der Waals surface area contributed by atoms with E-state index in [0.717, 1.165) is 0 Å². The summed E-state index contributed by atoms with van der Waals surface area (Å²) in [4.78, 5) is 26.9. The number of carbonyl (C=O) groups excluding carboxylic acids is 1. The molecule has 0 aliphatic carbocycles. The quantitative estimate of drug-likeness (QED) is 0.345. The van der Waals surface area contributed by atoms with Gasteiger partial charge in [-0.1, -0.05) is 12.1 Å². The minimum atomic E-state index is -0.660. The van der Waals surface area contributed by atoms with E-state index in [1.165, 1.54) is 18.2 Å². The van der Waals surface area contributed by atoms with Gasteiger partial charge in [-0.05, 0) is 31.2 Å². The summed E-state index contributed by atoms with van der Waals surface area (Å²) < 4.78 is 4.88. The van der Waals surface area contributed by atoms with Crippen LogP contribution in [-0.2, 0) is 9.53 Å². The zero-order chi connectivity index (χ0) is 18.2. The van der Waals surface area contributed by atoms with Crippen molar-refractivity contribution < 1.29 is 14.5 Å². The summed E-state index contributed by atoms with van der Waals surface area (Å²) in [5.74, 6) is -0.660. The first-order valence-electron chi connectivity index (χ1n) is 7.51. The van der Waals surface area contributed by atoms with Gasteiger partial charge in [0.25, 0.3) is 5.69 Å². The second kappa shape index (κ2) is 8.36. The van der Waals surface area contributed by atoms with E-state index in [0.29, 0.717) is 11.3 Å². The van der Waals surface area contributed by atoms with E-state index in [2.05, 4.69) is 4.98 Å². The number of nitrogens with zero attached hydrogens (tertiary/aromatic N) is 3. The minimum absolute atomic E-state index is 0.0676. The van der Waals surface area contributed by atoms with Gasteiger partial charge in [-0.25, -0.2) is 4.79 Å². The Morgan fingerprint density at radius 3 is 2.80 bits per heavy atom. The fraction of sp³-hybridized carbons (Fsp3) is 0.167. The van der Waals surface area contributed by atoms with Crippen LogP contribution in [0.25, 0.3) is 17.3 Å². The molecular weight excluding hydrogens is 322 g/mol. The number of hydrogen-bond donors (Lipinski definition) is 0. The van der Waals surface area contributed by atoms with Crippen molar-refractivity contribution in [2.24, 2.45) is 0 Å². The van der Waals surface area contributed by atoms with Crippen LogP contribution in [0.4, 0.5) is 5.69 Å². The molecule has 0 saturated heterocycles. The standard InChI is InChI=1S/C18H15N3O4/c1-2-25-18(22)15(8-9-19)11-14-7-6-13(12-17(14)21(23)24)16-5-3-4-10-20-16/h3-7,10-12H,2,8H2,1H3/b15-11+. The number of nitriles is 1. The van der Waals surface area contributed by atoms with Gasteiger partial charge in [-0.2, -0.15) is 5.26 Å². The molecule has 1 aromatic carbocycles. The van der Waals surface area contributed by atoms with Crippen molar-refractivity contribution in [2.75, 3.05) is 6.61 Å². The highest BCUT2D eigenvalue weighted by molar-refractivity contribution is 5.95. The summed E-state index contributed by atoms with van der Waals surface area (Å²) in [5.41, 5.74) is 1.30. The molecule has 0 spiro atoms. The van der Waals surface area contributed by atoms with Crippen LogP contribution >= 0.6 is 0 Å². The molecule has 0 radical (unpaired) electrons. The van der Waals surface area contributed by atoms with E-state index < -0.39 is 10.9 Å². The number of aromatic nitrogens is 1. The summed E-state index contributed by atoms with van der Waals surface area (Å²) >= 11 is 0. The Bertz CT molecular complexity index is 854. The van der Waals surface area contributed by atoms with Gasteiger partial charge in [0.05, 0.1) is 40.9 Å². The summed E-state index contributed by atoms with van der Waals surface area (Å²) in [6.07, 6.45) is 2.72. The number of hydrogen-bond acceptors (Lipinski definition) is 6. The lowest BCUT2D eigenvalue weighted by Gasteiger charge is -2.06. The molecule has 0 unspecified atom stereocenters. The Balaban J connectivity index is 2.50. The van der Waals surface area contributed by atoms with Gasteiger partial charge < -0.3 is 4.74 Å². The van der Waals surface area contributed by atoms with Gasteiger partial charge in [0.2, 0.25) is 0 Å². The molecule has 0 saturated carbocycles. The Kier molecular flexibility index (Phi) is 5.96. The number of nitro benzene ring substituents is 1. The zero-order valence-corrected chi connectivity index (χ0v) is 13.5. The van der Waals surface area contributed by atoms with Crippen molar-refractivity contribution in [3.8, 4) is 17.3 Å². The number of benzene rings is 1. The van der Waals surface area contributed by atoms with Crippen LogP contribution < -0.4 is 0 Å². The molecule has 2 aromatic rings. The van der Waals surface area contributed by atoms with Crippen LogP contribution in [-0.4, -0.2) is 22.5 Å². The largest absolute Gasteiger partial charge is 0.463 e. The highest BCUT2D eigenvalue weighted by Crippen LogP contribution is 2.28. The lowest BCUT2D eigenvalue weighted by atomic mass is 10.0. The Labute approximate surface area is 144 Å². The predicted octanol–water partition coefficient (Wildman–Crippen LogP) is 3.52. The summed E-state index contributed by atoms with van der Waals surface area (Å²) in [7, 11) is 0. The van der Waals surface area contributed by atoms with Gasteiger partial charge in [-0.15, -0.1) is 0 Å². The van der Waals surface area contributed by atoms with Crippen molar-refractivity contribution >= 4 is 17.7 Å². The van der Waals surface area contributed by atoms with Crippen LogP contribution in [0, 0.1) is 21.4 Å². The maximum Gasteiger partial charge on any atom is 0.335 e. The SMILES string of the molecule is CCOC(=O)/C(=C/c1ccc(-c2ccccn2)cc1[N+](=O)[O-])CC#N. The number of pyridine rings is 1. The van der Waals surface area contributed by atoms with Crippen molar-refractivity contribution in [2.45, 2.75) is 13.3 Å². The molecular formula is C18H15N3O4. The van der Waals surface area contributed by atoms with Gasteiger partial charge in [0.1, 0.15) is 0 Å². The normalized spacial score (nSPS) is 10.8. The van der Waals surface area contributed by atoms with Crippen molar-refractivity contribution in [1.82, 2.24) is 4.98 Å². The molecule has 7 nitrogen and oxygen atoms in total. The lowest BCUT2D eigenvalue weighted by molar-refractivity contribution is -0.385. The highest BCUT2D eigenvalue weighted by atomic mass is 16.6. The van der Waals surface area contributed by atoms with E-state index in [-0.39, 0.29) is 29.9 Å². The second-order valence-corrected chi connectivity index (χ2v) is 4.97. The number of ether oxygens (including phenoxy) is 1. The van der Waals surface area contributed by atoms with Gasteiger partial charge in [0.15, 0.2) is 0 Å². The lowest BCUT2D eigenvalue weighted by Crippen LogP contribution is -2.07. The highest BCUT2D eigenvalue weighted by Gasteiger charge is 2.17. The molecule has 7 heteroatoms. The topological polar surface area (TPSA) is 106 Å². The molecule has 0 amide bonds. The molecule has 2 rings (SSSR count). The third kappa shape index (κ3) is 4.48. The third-order valence-corrected chi connectivity index (χ3v) is 3.32. The first-order chi connectivity index (χ1) is 12.1. The first-order valence-corrected chi connectivity index (χ1v) is 7.51. The number of esters is 1. The first kappa shape index (κ1) is 17.8. The van der Waals surface area contributed by atoms with Crippen LogP contribution in [0.1, 0.15) is 18.9 Å². The van der Waals surface area contributed by atoms with Crippen molar-refractivity contribution in [3.05, 3.63) is 63.8 Å². The molecule has 25 heavy (non-hydrogen) atoms. The smallest absolute Gasteiger partial charge is 0.335 e. The van der Waals surface area contributed by atoms with Crippen LogP contribution in [0.15, 0.2) is 48.2 Å². The van der Waals surface area contributed by atoms with E-state index >= 15 is 0 Å². The maximum absolute atomic E-state index is 11.9. The van der Waals surface area contributed by atoms with Crippen molar-refractivity contribution in [3.63, 3.8) is 0 Å². The molecule has 0 N–H and O–H groups in total. The minimum Gasteiger partial charge on any atom is -0.463 e. The maximum atomic E-state index is 11.9. The average molecular weight is 337 g/mol. The number of nitro groups is 1. The molecule has 0 aliphatic rings. The fourth-order valence-electron chi connectivity index (χ4n) is 2.20. The monoisotopic (exact) mass is 337 g/mol. The van der Waals surface area contributed by atoms with Gasteiger partial charge in [0, 0.05) is 17.8 Å². The summed E-state index contributed by atoms with van der Waals surface area (Å²) in [6, 6.07) is 11.7. The Morgan fingerprint density at radius 1 is 1.40 bits per heavy atom. The predicted molar refractivity (Wildman–Crippen MR) is 91.2 cm³/mol. The summed E-state index contributed by atoms with van der Waals surface area (Å²) in [5, 5.41) is 20.3. The Hall–Kier alpha value is -3.53. The molecule has 0 atom stereocenters. The zero-order valence-electron chi connectivity index (χ0n) is 13.5. The van der Waals surface area contributed by atoms with E-state index in [9.17, 15) is 14.9 Å². The van der Waals surface area contributed by atoms with Crippen LogP contribution in [0.5, 0.6) is 0 Å². The fourth-order valence-corrected chi connectivity index (χ4v) is 2.20. The van der Waals surface area contributed by atoms with Gasteiger partial charge in [-0.3, -0.25) is 15.1 Å². The third-order valence-electron chi connectivity index (χ3n) is 3.32. The molecule has 0 bridgehead atoms. The Morgan fingerprint density at radius 2 is 2.20 bits per heavy atom. The van der Waals surface area contributed by atoms with E-state index in [1.807, 2.05) is 6.07 Å². The molecule has 0 aliphatic heterocycles. The molecule has 126 valence electrons. The van der Waals surface area contributed by atoms with E-state index in [1.54, 1.807) is 37.4 Å².